The summed E-state index contributed by atoms with van der Waals surface area (Å²) in [5.74, 6) is -0.280. The molecule has 4 rings (SSSR count). The Morgan fingerprint density at radius 1 is 1.31 bits per heavy atom. The van der Waals surface area contributed by atoms with Gasteiger partial charge in [0.2, 0.25) is 0 Å². The number of imidazole rings is 1. The van der Waals surface area contributed by atoms with E-state index in [4.69, 9.17) is 0 Å². The molecule has 0 bridgehead atoms. The number of rotatable bonds is 2. The van der Waals surface area contributed by atoms with Gasteiger partial charge in [0, 0.05) is 19.8 Å². The van der Waals surface area contributed by atoms with E-state index in [0.717, 1.165) is 11.0 Å². The Kier molecular flexibility index (Phi) is 3.71. The summed E-state index contributed by atoms with van der Waals surface area (Å²) in [5.41, 5.74) is -0.222. The van der Waals surface area contributed by atoms with E-state index in [1.807, 2.05) is 0 Å². The van der Waals surface area contributed by atoms with E-state index in [0.29, 0.717) is 29.8 Å². The lowest BCUT2D eigenvalue weighted by Crippen LogP contribution is -2.38. The number of likely N-dealkylation sites (tertiary alicyclic amines) is 1. The van der Waals surface area contributed by atoms with Crippen LogP contribution in [-0.2, 0) is 7.05 Å². The Bertz CT molecular complexity index is 1130. The molecule has 0 unspecified atom stereocenters. The van der Waals surface area contributed by atoms with Crippen LogP contribution in [0.2, 0.25) is 0 Å². The van der Waals surface area contributed by atoms with Gasteiger partial charge in [-0.05, 0) is 31.0 Å². The smallest absolute Gasteiger partial charge is 0.328 e. The fraction of sp³-hybridized carbons (Fsp3) is 0.294. The molecule has 2 aromatic heterocycles. The Balaban J connectivity index is 1.71. The van der Waals surface area contributed by atoms with Gasteiger partial charge in [-0.1, -0.05) is 0 Å². The molecule has 3 heterocycles. The highest BCUT2D eigenvalue weighted by Crippen LogP contribution is 2.32. The second-order valence-corrected chi connectivity index (χ2v) is 6.35. The molecule has 3 aromatic rings. The summed E-state index contributed by atoms with van der Waals surface area (Å²) >= 11 is 0. The zero-order valence-corrected chi connectivity index (χ0v) is 14.0. The van der Waals surface area contributed by atoms with E-state index < -0.39 is 17.2 Å². The van der Waals surface area contributed by atoms with Gasteiger partial charge < -0.3 is 14.5 Å². The van der Waals surface area contributed by atoms with Gasteiger partial charge in [-0.25, -0.2) is 14.2 Å². The number of aromatic nitrogens is 4. The molecule has 1 amide bonds. The Morgan fingerprint density at radius 2 is 2.12 bits per heavy atom. The normalized spacial score (nSPS) is 17.2. The number of hydrogen-bond donors (Lipinski definition) is 2. The number of carbonyl (C=O) groups excluding carboxylic acids is 1. The van der Waals surface area contributed by atoms with E-state index >= 15 is 0 Å². The van der Waals surface area contributed by atoms with Crippen molar-refractivity contribution >= 4 is 16.9 Å². The number of halogens is 1. The van der Waals surface area contributed by atoms with Crippen molar-refractivity contribution in [3.05, 3.63) is 62.4 Å². The minimum atomic E-state index is -0.713. The van der Waals surface area contributed by atoms with Crippen molar-refractivity contribution in [2.45, 2.75) is 18.9 Å². The van der Waals surface area contributed by atoms with E-state index in [1.54, 1.807) is 11.0 Å². The molecule has 0 aliphatic carbocycles. The summed E-state index contributed by atoms with van der Waals surface area (Å²) in [6.07, 6.45) is 2.68. The van der Waals surface area contributed by atoms with Gasteiger partial charge in [-0.3, -0.25) is 14.6 Å². The summed E-state index contributed by atoms with van der Waals surface area (Å²) in [4.78, 5) is 47.6. The first-order valence-electron chi connectivity index (χ1n) is 8.20. The van der Waals surface area contributed by atoms with E-state index in [1.165, 1.54) is 25.4 Å². The zero-order chi connectivity index (χ0) is 18.4. The first-order valence-corrected chi connectivity index (χ1v) is 8.20. The average Bonchev–Trinajstić information content (AvgIpc) is 3.23. The maximum atomic E-state index is 13.4. The topological polar surface area (TPSA) is 104 Å². The molecule has 1 atom stereocenters. The first-order chi connectivity index (χ1) is 12.4. The summed E-state index contributed by atoms with van der Waals surface area (Å²) in [7, 11) is 1.46. The van der Waals surface area contributed by atoms with Crippen molar-refractivity contribution in [3.8, 4) is 0 Å². The maximum absolute atomic E-state index is 13.4. The van der Waals surface area contributed by atoms with Gasteiger partial charge in [-0.15, -0.1) is 0 Å². The zero-order valence-electron chi connectivity index (χ0n) is 14.0. The maximum Gasteiger partial charge on any atom is 0.328 e. The number of aryl methyl sites for hydroxylation is 1. The predicted octanol–water partition coefficient (Wildman–Crippen LogP) is 1.07. The minimum Gasteiger partial charge on any atom is -0.340 e. The van der Waals surface area contributed by atoms with Gasteiger partial charge in [0.25, 0.3) is 11.5 Å². The summed E-state index contributed by atoms with van der Waals surface area (Å²) in [5, 5.41) is 0. The number of carbonyl (C=O) groups is 1. The molecule has 8 nitrogen and oxygen atoms in total. The molecule has 2 N–H and O–H groups in total. The van der Waals surface area contributed by atoms with Gasteiger partial charge >= 0.3 is 5.69 Å². The molecule has 0 spiro atoms. The molecule has 9 heteroatoms. The molecular weight excluding hydrogens is 341 g/mol. The number of aromatic amines is 2. The highest BCUT2D eigenvalue weighted by Gasteiger charge is 2.34. The lowest BCUT2D eigenvalue weighted by Gasteiger charge is -2.23. The summed E-state index contributed by atoms with van der Waals surface area (Å²) in [6, 6.07) is 3.91. The minimum absolute atomic E-state index is 0.0962. The number of fused-ring (bicyclic) bond motifs is 1. The molecule has 26 heavy (non-hydrogen) atoms. The second kappa shape index (κ2) is 5.94. The van der Waals surface area contributed by atoms with Crippen LogP contribution >= 0.6 is 0 Å². The quantitative estimate of drug-likeness (QED) is 0.716. The fourth-order valence-electron chi connectivity index (χ4n) is 3.32. The van der Waals surface area contributed by atoms with Crippen LogP contribution in [0.15, 0.2) is 34.0 Å². The molecule has 134 valence electrons. The SMILES string of the molecule is Cn1cc(C(=O)N2CCC[C@H]2c2nc3ccc(F)cc3[nH]2)c(=O)[nH]c1=O. The molecular formula is C17H16FN5O3. The highest BCUT2D eigenvalue weighted by molar-refractivity contribution is 5.94. The summed E-state index contributed by atoms with van der Waals surface area (Å²) < 4.78 is 14.5. The van der Waals surface area contributed by atoms with E-state index in [9.17, 15) is 18.8 Å². The molecule has 1 fully saturated rings. The molecule has 0 saturated carbocycles. The Hall–Kier alpha value is -3.23. The summed E-state index contributed by atoms with van der Waals surface area (Å²) in [6.45, 7) is 0.469. The second-order valence-electron chi connectivity index (χ2n) is 6.35. The first kappa shape index (κ1) is 16.2. The van der Waals surface area contributed by atoms with Gasteiger partial charge in [0.05, 0.1) is 17.1 Å². The molecule has 1 aromatic carbocycles. The van der Waals surface area contributed by atoms with Crippen LogP contribution in [0.3, 0.4) is 0 Å². The van der Waals surface area contributed by atoms with Crippen molar-refractivity contribution in [2.75, 3.05) is 6.54 Å². The van der Waals surface area contributed by atoms with Crippen LogP contribution in [-0.4, -0.2) is 36.9 Å². The molecule has 1 aliphatic rings. The number of benzene rings is 1. The van der Waals surface area contributed by atoms with Gasteiger partial charge in [-0.2, -0.15) is 0 Å². The van der Waals surface area contributed by atoms with Crippen molar-refractivity contribution in [1.82, 2.24) is 24.4 Å². The molecule has 1 saturated heterocycles. The monoisotopic (exact) mass is 357 g/mol. The van der Waals surface area contributed by atoms with Crippen molar-refractivity contribution in [2.24, 2.45) is 7.05 Å². The average molecular weight is 357 g/mol. The van der Waals surface area contributed by atoms with Crippen LogP contribution in [0, 0.1) is 5.82 Å². The molecule has 1 aliphatic heterocycles. The number of hydrogen-bond acceptors (Lipinski definition) is 4. The lowest BCUT2D eigenvalue weighted by atomic mass is 10.2. The Morgan fingerprint density at radius 3 is 2.92 bits per heavy atom. The highest BCUT2D eigenvalue weighted by atomic mass is 19.1. The third-order valence-corrected chi connectivity index (χ3v) is 4.63. The van der Waals surface area contributed by atoms with Crippen molar-refractivity contribution in [3.63, 3.8) is 0 Å². The van der Waals surface area contributed by atoms with E-state index in [-0.39, 0.29) is 17.4 Å². The largest absolute Gasteiger partial charge is 0.340 e. The Labute approximate surface area is 146 Å². The molecule has 0 radical (unpaired) electrons. The predicted molar refractivity (Wildman–Crippen MR) is 91.4 cm³/mol. The number of nitrogens with zero attached hydrogens (tertiary/aromatic N) is 3. The van der Waals surface area contributed by atoms with Gasteiger partial charge in [0.1, 0.15) is 17.2 Å². The standard InChI is InChI=1S/C17H16FN5O3/c1-22-8-10(15(24)21-17(22)26)16(25)23-6-2-3-13(23)14-19-11-5-4-9(18)7-12(11)20-14/h4-5,7-8,13H,2-3,6H2,1H3,(H,19,20)(H,21,24,26)/t13-/m0/s1. The van der Waals surface area contributed by atoms with Crippen LogP contribution in [0.5, 0.6) is 0 Å². The van der Waals surface area contributed by atoms with Crippen molar-refractivity contribution < 1.29 is 9.18 Å². The van der Waals surface area contributed by atoms with Crippen molar-refractivity contribution in [1.29, 1.82) is 0 Å². The van der Waals surface area contributed by atoms with Crippen LogP contribution in [0.4, 0.5) is 4.39 Å². The van der Waals surface area contributed by atoms with E-state index in [2.05, 4.69) is 15.0 Å². The number of H-pyrrole nitrogens is 2. The fourth-order valence-corrected chi connectivity index (χ4v) is 3.32. The van der Waals surface area contributed by atoms with Crippen LogP contribution < -0.4 is 11.2 Å². The third-order valence-electron chi connectivity index (χ3n) is 4.63. The third kappa shape index (κ3) is 2.61. The van der Waals surface area contributed by atoms with Gasteiger partial charge in [0.15, 0.2) is 0 Å². The number of amides is 1. The number of nitrogens with one attached hydrogen (secondary N) is 2. The van der Waals surface area contributed by atoms with Crippen LogP contribution in [0.1, 0.15) is 35.1 Å². The van der Waals surface area contributed by atoms with Crippen LogP contribution in [0.25, 0.3) is 11.0 Å². The lowest BCUT2D eigenvalue weighted by molar-refractivity contribution is 0.0727.